The third kappa shape index (κ3) is 2.08. The van der Waals surface area contributed by atoms with Gasteiger partial charge in [0.25, 0.3) is 0 Å². The number of nitrogens with one attached hydrogen (secondary N) is 1. The van der Waals surface area contributed by atoms with Crippen LogP contribution in [0, 0.1) is 6.92 Å². The topological polar surface area (TPSA) is 50.9 Å². The predicted molar refractivity (Wildman–Crippen MR) is 68.6 cm³/mol. The number of aryl methyl sites for hydroxylation is 1. The second-order valence-corrected chi connectivity index (χ2v) is 4.55. The highest BCUT2D eigenvalue weighted by Gasteiger charge is 2.15. The summed E-state index contributed by atoms with van der Waals surface area (Å²) in [6.45, 7) is 2.02. The first kappa shape index (κ1) is 11.1. The quantitative estimate of drug-likeness (QED) is 0.855. The van der Waals surface area contributed by atoms with E-state index in [1.807, 2.05) is 14.0 Å². The van der Waals surface area contributed by atoms with Crippen LogP contribution in [-0.4, -0.2) is 12.0 Å². The van der Waals surface area contributed by atoms with Crippen molar-refractivity contribution < 1.29 is 0 Å². The van der Waals surface area contributed by atoms with Crippen molar-refractivity contribution in [2.75, 3.05) is 12.8 Å². The zero-order valence-corrected chi connectivity index (χ0v) is 10.2. The smallest absolute Gasteiger partial charge is 0.128 e. The van der Waals surface area contributed by atoms with Crippen LogP contribution >= 0.6 is 11.3 Å². The lowest BCUT2D eigenvalue weighted by molar-refractivity contribution is 0.693. The van der Waals surface area contributed by atoms with Crippen molar-refractivity contribution in [2.45, 2.75) is 13.0 Å². The molecule has 3 N–H and O–H groups in total. The van der Waals surface area contributed by atoms with Gasteiger partial charge in [0.1, 0.15) is 5.82 Å². The summed E-state index contributed by atoms with van der Waals surface area (Å²) in [5, 5.41) is 7.47. The highest BCUT2D eigenvalue weighted by Crippen LogP contribution is 2.27. The monoisotopic (exact) mass is 233 g/mol. The van der Waals surface area contributed by atoms with Gasteiger partial charge in [-0.05, 0) is 48.0 Å². The Bertz CT molecular complexity index is 465. The number of nitrogens with zero attached hydrogens (tertiary/aromatic N) is 1. The second kappa shape index (κ2) is 4.63. The van der Waals surface area contributed by atoms with E-state index in [0.29, 0.717) is 5.82 Å². The SMILES string of the molecule is CNC(c1ccsc1)c1cc(C)cnc1N. The molecule has 0 aliphatic rings. The van der Waals surface area contributed by atoms with Crippen LogP contribution in [0.1, 0.15) is 22.7 Å². The zero-order valence-electron chi connectivity index (χ0n) is 9.40. The minimum Gasteiger partial charge on any atom is -0.383 e. The molecular weight excluding hydrogens is 218 g/mol. The van der Waals surface area contributed by atoms with Crippen LogP contribution < -0.4 is 11.1 Å². The van der Waals surface area contributed by atoms with Gasteiger partial charge in [0, 0.05) is 11.8 Å². The lowest BCUT2D eigenvalue weighted by Gasteiger charge is -2.17. The molecule has 0 saturated heterocycles. The fraction of sp³-hybridized carbons (Fsp3) is 0.250. The Morgan fingerprint density at radius 2 is 2.31 bits per heavy atom. The Balaban J connectivity index is 2.44. The highest BCUT2D eigenvalue weighted by molar-refractivity contribution is 7.08. The maximum Gasteiger partial charge on any atom is 0.128 e. The minimum absolute atomic E-state index is 0.124. The van der Waals surface area contributed by atoms with E-state index in [2.05, 4.69) is 33.2 Å². The van der Waals surface area contributed by atoms with Gasteiger partial charge in [-0.2, -0.15) is 11.3 Å². The summed E-state index contributed by atoms with van der Waals surface area (Å²) in [6, 6.07) is 4.31. The summed E-state index contributed by atoms with van der Waals surface area (Å²) in [5.74, 6) is 0.594. The number of hydrogen-bond donors (Lipinski definition) is 2. The van der Waals surface area contributed by atoms with Crippen molar-refractivity contribution >= 4 is 17.2 Å². The first-order valence-electron chi connectivity index (χ1n) is 5.13. The molecular formula is C12H15N3S. The number of rotatable bonds is 3. The molecule has 0 amide bonds. The fourth-order valence-electron chi connectivity index (χ4n) is 1.77. The first-order chi connectivity index (χ1) is 7.72. The molecule has 0 aliphatic heterocycles. The maximum absolute atomic E-state index is 5.92. The van der Waals surface area contributed by atoms with Crippen LogP contribution in [-0.2, 0) is 0 Å². The Morgan fingerprint density at radius 3 is 2.94 bits per heavy atom. The molecule has 0 fully saturated rings. The third-order valence-electron chi connectivity index (χ3n) is 2.56. The van der Waals surface area contributed by atoms with Crippen LogP contribution in [0.2, 0.25) is 0 Å². The Labute approximate surface area is 99.3 Å². The van der Waals surface area contributed by atoms with Gasteiger partial charge >= 0.3 is 0 Å². The molecule has 0 radical (unpaired) electrons. The lowest BCUT2D eigenvalue weighted by Crippen LogP contribution is -2.19. The molecule has 84 valence electrons. The Morgan fingerprint density at radius 1 is 1.50 bits per heavy atom. The third-order valence-corrected chi connectivity index (χ3v) is 3.26. The number of hydrogen-bond acceptors (Lipinski definition) is 4. The molecule has 3 nitrogen and oxygen atoms in total. The van der Waals surface area contributed by atoms with Crippen molar-refractivity contribution in [1.82, 2.24) is 10.3 Å². The molecule has 16 heavy (non-hydrogen) atoms. The van der Waals surface area contributed by atoms with E-state index in [1.165, 1.54) is 5.56 Å². The fourth-order valence-corrected chi connectivity index (χ4v) is 2.46. The first-order valence-corrected chi connectivity index (χ1v) is 6.08. The standard InChI is InChI=1S/C12H15N3S/c1-8-5-10(12(13)15-6-8)11(14-2)9-3-4-16-7-9/h3-7,11,14H,1-2H3,(H2,13,15). The lowest BCUT2D eigenvalue weighted by atomic mass is 10.0. The summed E-state index contributed by atoms with van der Waals surface area (Å²) >= 11 is 1.69. The molecule has 4 heteroatoms. The maximum atomic E-state index is 5.92. The van der Waals surface area contributed by atoms with E-state index < -0.39 is 0 Å². The molecule has 0 bridgehead atoms. The molecule has 2 aromatic heterocycles. The molecule has 1 atom stereocenters. The van der Waals surface area contributed by atoms with E-state index in [1.54, 1.807) is 17.5 Å². The molecule has 0 spiro atoms. The molecule has 2 aromatic rings. The number of nitrogen functional groups attached to an aromatic ring is 1. The second-order valence-electron chi connectivity index (χ2n) is 3.77. The zero-order chi connectivity index (χ0) is 11.5. The van der Waals surface area contributed by atoms with E-state index >= 15 is 0 Å². The largest absolute Gasteiger partial charge is 0.383 e. The summed E-state index contributed by atoms with van der Waals surface area (Å²) in [5.41, 5.74) is 9.32. The van der Waals surface area contributed by atoms with E-state index in [4.69, 9.17) is 5.73 Å². The van der Waals surface area contributed by atoms with Gasteiger partial charge < -0.3 is 11.1 Å². The van der Waals surface area contributed by atoms with Crippen molar-refractivity contribution in [3.8, 4) is 0 Å². The number of nitrogens with two attached hydrogens (primary N) is 1. The van der Waals surface area contributed by atoms with Crippen LogP contribution in [0.15, 0.2) is 29.1 Å². The molecule has 2 rings (SSSR count). The van der Waals surface area contributed by atoms with Gasteiger partial charge in [-0.3, -0.25) is 0 Å². The van der Waals surface area contributed by atoms with Crippen molar-refractivity contribution in [3.63, 3.8) is 0 Å². The van der Waals surface area contributed by atoms with Crippen LogP contribution in [0.5, 0.6) is 0 Å². The van der Waals surface area contributed by atoms with Gasteiger partial charge in [-0.1, -0.05) is 0 Å². The Kier molecular flexibility index (Phi) is 3.22. The minimum atomic E-state index is 0.124. The summed E-state index contributed by atoms with van der Waals surface area (Å²) in [6.07, 6.45) is 1.79. The van der Waals surface area contributed by atoms with Crippen LogP contribution in [0.3, 0.4) is 0 Å². The van der Waals surface area contributed by atoms with Gasteiger partial charge in [0.15, 0.2) is 0 Å². The number of anilines is 1. The van der Waals surface area contributed by atoms with Gasteiger partial charge in [-0.15, -0.1) is 0 Å². The number of aromatic nitrogens is 1. The summed E-state index contributed by atoms with van der Waals surface area (Å²) in [7, 11) is 1.93. The molecule has 0 aliphatic carbocycles. The summed E-state index contributed by atoms with van der Waals surface area (Å²) < 4.78 is 0. The van der Waals surface area contributed by atoms with Crippen molar-refractivity contribution in [2.24, 2.45) is 0 Å². The van der Waals surface area contributed by atoms with Gasteiger partial charge in [-0.25, -0.2) is 4.98 Å². The average Bonchev–Trinajstić information content (AvgIpc) is 2.78. The Hall–Kier alpha value is -1.39. The molecule has 0 saturated carbocycles. The molecule has 0 aromatic carbocycles. The van der Waals surface area contributed by atoms with E-state index in [-0.39, 0.29) is 6.04 Å². The molecule has 1 unspecified atom stereocenters. The number of thiophene rings is 1. The normalized spacial score (nSPS) is 12.6. The van der Waals surface area contributed by atoms with Gasteiger partial charge in [0.2, 0.25) is 0 Å². The van der Waals surface area contributed by atoms with Crippen LogP contribution in [0.25, 0.3) is 0 Å². The highest BCUT2D eigenvalue weighted by atomic mass is 32.1. The summed E-state index contributed by atoms with van der Waals surface area (Å²) in [4.78, 5) is 4.20. The van der Waals surface area contributed by atoms with E-state index in [0.717, 1.165) is 11.1 Å². The van der Waals surface area contributed by atoms with Crippen molar-refractivity contribution in [1.29, 1.82) is 0 Å². The van der Waals surface area contributed by atoms with E-state index in [9.17, 15) is 0 Å². The predicted octanol–water partition coefficient (Wildman–Crippen LogP) is 2.34. The van der Waals surface area contributed by atoms with Crippen molar-refractivity contribution in [3.05, 3.63) is 45.8 Å². The molecule has 2 heterocycles. The van der Waals surface area contributed by atoms with Crippen LogP contribution in [0.4, 0.5) is 5.82 Å². The number of pyridine rings is 1. The van der Waals surface area contributed by atoms with Gasteiger partial charge in [0.05, 0.1) is 6.04 Å². The average molecular weight is 233 g/mol.